The third-order valence-electron chi connectivity index (χ3n) is 3.06. The molecular formula is C15H10Cl2FNO. The molecule has 0 N–H and O–H groups in total. The fourth-order valence-corrected chi connectivity index (χ4v) is 2.41. The van der Waals surface area contributed by atoms with Gasteiger partial charge < -0.3 is 4.74 Å². The number of hydrogen-bond donors (Lipinski definition) is 0. The lowest BCUT2D eigenvalue weighted by atomic mass is 10.1. The van der Waals surface area contributed by atoms with E-state index in [9.17, 15) is 4.39 Å². The van der Waals surface area contributed by atoms with Crippen molar-refractivity contribution in [1.82, 2.24) is 0 Å². The van der Waals surface area contributed by atoms with Crippen LogP contribution in [0.4, 0.5) is 4.39 Å². The van der Waals surface area contributed by atoms with Gasteiger partial charge >= 0.3 is 0 Å². The van der Waals surface area contributed by atoms with E-state index in [2.05, 4.69) is 4.99 Å². The second-order valence-electron chi connectivity index (χ2n) is 4.44. The number of aliphatic imine (C=N–C) groups is 1. The Morgan fingerprint density at radius 1 is 1.10 bits per heavy atom. The minimum Gasteiger partial charge on any atom is -0.475 e. The Balaban J connectivity index is 1.91. The van der Waals surface area contributed by atoms with Crippen molar-refractivity contribution in [3.05, 3.63) is 69.5 Å². The first-order chi connectivity index (χ1) is 9.63. The smallest absolute Gasteiger partial charge is 0.218 e. The highest BCUT2D eigenvalue weighted by Gasteiger charge is 2.23. The summed E-state index contributed by atoms with van der Waals surface area (Å²) in [5.74, 6) is 0.196. The van der Waals surface area contributed by atoms with Crippen molar-refractivity contribution in [2.24, 2.45) is 4.99 Å². The fraction of sp³-hybridized carbons (Fsp3) is 0.133. The van der Waals surface area contributed by atoms with Gasteiger partial charge in [0.25, 0.3) is 0 Å². The predicted molar refractivity (Wildman–Crippen MR) is 78.1 cm³/mol. The van der Waals surface area contributed by atoms with Crippen molar-refractivity contribution < 1.29 is 9.13 Å². The molecule has 0 radical (unpaired) electrons. The van der Waals surface area contributed by atoms with Gasteiger partial charge in [0, 0.05) is 5.02 Å². The maximum Gasteiger partial charge on any atom is 0.218 e. The van der Waals surface area contributed by atoms with E-state index in [-0.39, 0.29) is 11.9 Å². The highest BCUT2D eigenvalue weighted by Crippen LogP contribution is 2.29. The van der Waals surface area contributed by atoms with Crippen molar-refractivity contribution >= 4 is 29.1 Å². The van der Waals surface area contributed by atoms with E-state index in [0.29, 0.717) is 28.1 Å². The van der Waals surface area contributed by atoms with Crippen LogP contribution in [0.3, 0.4) is 0 Å². The molecule has 102 valence electrons. The van der Waals surface area contributed by atoms with E-state index in [4.69, 9.17) is 27.9 Å². The monoisotopic (exact) mass is 309 g/mol. The van der Waals surface area contributed by atoms with Crippen LogP contribution >= 0.6 is 23.2 Å². The first-order valence-corrected chi connectivity index (χ1v) is 6.80. The Morgan fingerprint density at radius 2 is 1.85 bits per heavy atom. The average molecular weight is 310 g/mol. The number of nitrogens with zero attached hydrogens (tertiary/aromatic N) is 1. The highest BCUT2D eigenvalue weighted by atomic mass is 35.5. The Bertz CT molecular complexity index is 670. The zero-order valence-corrected chi connectivity index (χ0v) is 11.8. The highest BCUT2D eigenvalue weighted by molar-refractivity contribution is 6.35. The summed E-state index contributed by atoms with van der Waals surface area (Å²) >= 11 is 12.1. The molecule has 0 saturated heterocycles. The van der Waals surface area contributed by atoms with Crippen molar-refractivity contribution in [2.45, 2.75) is 6.04 Å². The third kappa shape index (κ3) is 2.65. The minimum atomic E-state index is -0.269. The molecular weight excluding hydrogens is 300 g/mol. The summed E-state index contributed by atoms with van der Waals surface area (Å²) in [5, 5.41) is 1.11. The number of rotatable bonds is 2. The van der Waals surface area contributed by atoms with Crippen molar-refractivity contribution in [3.8, 4) is 0 Å². The van der Waals surface area contributed by atoms with Gasteiger partial charge in [-0.05, 0) is 35.9 Å². The van der Waals surface area contributed by atoms with Crippen LogP contribution in [-0.4, -0.2) is 12.5 Å². The Labute approximate surface area is 125 Å². The normalized spacial score (nSPS) is 17.8. The average Bonchev–Trinajstić information content (AvgIpc) is 2.92. The fourth-order valence-electron chi connectivity index (χ4n) is 2.04. The quantitative estimate of drug-likeness (QED) is 0.791. The number of halogens is 3. The van der Waals surface area contributed by atoms with Gasteiger partial charge in [-0.2, -0.15) is 0 Å². The zero-order valence-electron chi connectivity index (χ0n) is 10.3. The van der Waals surface area contributed by atoms with Crippen LogP contribution in [0, 0.1) is 5.82 Å². The molecule has 0 aromatic heterocycles. The summed E-state index contributed by atoms with van der Waals surface area (Å²) in [6.07, 6.45) is 0. The summed E-state index contributed by atoms with van der Waals surface area (Å²) < 4.78 is 18.5. The zero-order chi connectivity index (χ0) is 14.1. The molecule has 1 aliphatic rings. The number of ether oxygens (including phenoxy) is 1. The van der Waals surface area contributed by atoms with E-state index in [1.807, 2.05) is 0 Å². The Hall–Kier alpha value is -1.58. The molecule has 2 aromatic rings. The summed E-state index contributed by atoms with van der Waals surface area (Å²) in [5.41, 5.74) is 1.57. The number of benzene rings is 2. The maximum absolute atomic E-state index is 12.9. The summed E-state index contributed by atoms with van der Waals surface area (Å²) in [6, 6.07) is 11.2. The van der Waals surface area contributed by atoms with E-state index < -0.39 is 0 Å². The topological polar surface area (TPSA) is 21.6 Å². The largest absolute Gasteiger partial charge is 0.475 e. The molecule has 5 heteroatoms. The molecule has 1 unspecified atom stereocenters. The van der Waals surface area contributed by atoms with Gasteiger partial charge in [0.15, 0.2) is 0 Å². The third-order valence-corrected chi connectivity index (χ3v) is 3.63. The van der Waals surface area contributed by atoms with Gasteiger partial charge in [-0.1, -0.05) is 35.3 Å². The molecule has 1 atom stereocenters. The predicted octanol–water partition coefficient (Wildman–Crippen LogP) is 4.65. The van der Waals surface area contributed by atoms with Gasteiger partial charge in [-0.3, -0.25) is 0 Å². The van der Waals surface area contributed by atoms with Crippen LogP contribution in [0.25, 0.3) is 0 Å². The van der Waals surface area contributed by atoms with E-state index >= 15 is 0 Å². The van der Waals surface area contributed by atoms with E-state index in [1.165, 1.54) is 12.1 Å². The SMILES string of the molecule is Fc1ccc(C2COC(c3cc(Cl)ccc3Cl)=N2)cc1. The lowest BCUT2D eigenvalue weighted by molar-refractivity contribution is 0.320. The van der Waals surface area contributed by atoms with Crippen molar-refractivity contribution in [3.63, 3.8) is 0 Å². The molecule has 1 heterocycles. The first-order valence-electron chi connectivity index (χ1n) is 6.05. The molecule has 0 saturated carbocycles. The van der Waals surface area contributed by atoms with Gasteiger partial charge in [0.2, 0.25) is 5.90 Å². The Kier molecular flexibility index (Phi) is 3.64. The van der Waals surface area contributed by atoms with Gasteiger partial charge in [0.1, 0.15) is 18.5 Å². The molecule has 2 aromatic carbocycles. The van der Waals surface area contributed by atoms with Crippen LogP contribution in [0.2, 0.25) is 10.0 Å². The van der Waals surface area contributed by atoms with Crippen LogP contribution in [-0.2, 0) is 4.74 Å². The van der Waals surface area contributed by atoms with Crippen LogP contribution in [0.15, 0.2) is 47.5 Å². The van der Waals surface area contributed by atoms with Crippen LogP contribution in [0.1, 0.15) is 17.2 Å². The van der Waals surface area contributed by atoms with Gasteiger partial charge in [-0.15, -0.1) is 0 Å². The van der Waals surface area contributed by atoms with E-state index in [0.717, 1.165) is 5.56 Å². The second-order valence-corrected chi connectivity index (χ2v) is 5.28. The van der Waals surface area contributed by atoms with Crippen LogP contribution in [0.5, 0.6) is 0 Å². The molecule has 20 heavy (non-hydrogen) atoms. The standard InChI is InChI=1S/C15H10Cl2FNO/c16-10-3-6-13(17)12(7-10)15-19-14(8-20-15)9-1-4-11(18)5-2-9/h1-7,14H,8H2. The maximum atomic E-state index is 12.9. The molecule has 0 aliphatic carbocycles. The summed E-state index contributed by atoms with van der Waals surface area (Å²) in [7, 11) is 0. The van der Waals surface area contributed by atoms with Crippen molar-refractivity contribution in [1.29, 1.82) is 0 Å². The molecule has 1 aliphatic heterocycles. The molecule has 0 amide bonds. The molecule has 2 nitrogen and oxygen atoms in total. The lowest BCUT2D eigenvalue weighted by Crippen LogP contribution is -2.02. The van der Waals surface area contributed by atoms with Gasteiger partial charge in [-0.25, -0.2) is 9.38 Å². The Morgan fingerprint density at radius 3 is 2.60 bits per heavy atom. The minimum absolute atomic E-state index is 0.152. The van der Waals surface area contributed by atoms with Crippen molar-refractivity contribution in [2.75, 3.05) is 6.61 Å². The molecule has 0 bridgehead atoms. The summed E-state index contributed by atoms with van der Waals surface area (Å²) in [4.78, 5) is 4.49. The molecule has 0 fully saturated rings. The first kappa shape index (κ1) is 13.4. The van der Waals surface area contributed by atoms with E-state index in [1.54, 1.807) is 30.3 Å². The summed E-state index contributed by atoms with van der Waals surface area (Å²) in [6.45, 7) is 0.407. The van der Waals surface area contributed by atoms with Crippen LogP contribution < -0.4 is 0 Å². The van der Waals surface area contributed by atoms with Gasteiger partial charge in [0.05, 0.1) is 10.6 Å². The lowest BCUT2D eigenvalue weighted by Gasteiger charge is -2.04. The number of hydrogen-bond acceptors (Lipinski definition) is 2. The molecule has 0 spiro atoms. The molecule has 3 rings (SSSR count). The second kappa shape index (κ2) is 5.43.